The van der Waals surface area contributed by atoms with Gasteiger partial charge < -0.3 is 10.2 Å². The summed E-state index contributed by atoms with van der Waals surface area (Å²) in [6, 6.07) is 6.16. The maximum absolute atomic E-state index is 14.1. The van der Waals surface area contributed by atoms with E-state index in [4.69, 9.17) is 0 Å². The molecule has 0 spiro atoms. The van der Waals surface area contributed by atoms with Crippen molar-refractivity contribution < 1.29 is 22.0 Å². The van der Waals surface area contributed by atoms with Crippen molar-refractivity contribution in [1.29, 1.82) is 0 Å². The predicted molar refractivity (Wildman–Crippen MR) is 132 cm³/mol. The van der Waals surface area contributed by atoms with Gasteiger partial charge >= 0.3 is 0 Å². The molecule has 1 aliphatic carbocycles. The molecule has 2 aliphatic heterocycles. The third-order valence-corrected chi connectivity index (χ3v) is 7.64. The topological polar surface area (TPSA) is 61.0 Å². The Labute approximate surface area is 211 Å². The minimum Gasteiger partial charge on any atom is -0.383 e. The van der Waals surface area contributed by atoms with Crippen molar-refractivity contribution in [3.8, 4) is 0 Å². The maximum Gasteiger partial charge on any atom is 0.272 e. The number of halogens is 5. The second-order valence-electron chi connectivity index (χ2n) is 10.1. The molecule has 3 heterocycles. The molecule has 1 aromatic heterocycles. The predicted octanol–water partition coefficient (Wildman–Crippen LogP) is 5.95. The average Bonchev–Trinajstić information content (AvgIpc) is 2.87. The van der Waals surface area contributed by atoms with Crippen molar-refractivity contribution in [1.82, 2.24) is 15.1 Å². The molecule has 6 rings (SSSR count). The number of likely N-dealkylation sites (tertiary alicyclic amines) is 1. The normalized spacial score (nSPS) is 21.7. The molecule has 3 aromatic rings. The highest BCUT2D eigenvalue weighted by atomic mass is 19.3. The standard InChI is InChI=1S/C16H10F3N3O.C11H19F2N/c17-7-1-2-9(12(19)4-7)11-6-20-13-5-8(18)3-10-14(13)15(11)21-22-16(10)23;12-11(13)6-4-10(5-7-11)14-8-2-1-3-9-14/h1-5,11,20H,6H2,(H,22,23);10H,1-9H2. The fourth-order valence-corrected chi connectivity index (χ4v) is 5.70. The second kappa shape index (κ2) is 10.4. The molecule has 0 bridgehead atoms. The Bertz CT molecular complexity index is 1330. The monoisotopic (exact) mass is 520 g/mol. The lowest BCUT2D eigenvalue weighted by Crippen LogP contribution is -2.43. The van der Waals surface area contributed by atoms with E-state index in [0.29, 0.717) is 35.7 Å². The largest absolute Gasteiger partial charge is 0.383 e. The van der Waals surface area contributed by atoms with Crippen molar-refractivity contribution in [3.05, 3.63) is 69.4 Å². The highest BCUT2D eigenvalue weighted by Crippen LogP contribution is 2.38. The number of nitrogens with one attached hydrogen (secondary N) is 2. The summed E-state index contributed by atoms with van der Waals surface area (Å²) < 4.78 is 66.7. The van der Waals surface area contributed by atoms with Gasteiger partial charge in [0.2, 0.25) is 5.92 Å². The van der Waals surface area contributed by atoms with Gasteiger partial charge in [0, 0.05) is 48.5 Å². The van der Waals surface area contributed by atoms with Gasteiger partial charge in [0.05, 0.1) is 11.1 Å². The fraction of sp³-hybridized carbons (Fsp3) is 0.481. The van der Waals surface area contributed by atoms with E-state index in [1.54, 1.807) is 0 Å². The van der Waals surface area contributed by atoms with Crippen LogP contribution in [0.1, 0.15) is 62.1 Å². The molecule has 198 valence electrons. The van der Waals surface area contributed by atoms with Crippen LogP contribution in [0.25, 0.3) is 10.8 Å². The van der Waals surface area contributed by atoms with Crippen molar-refractivity contribution in [2.24, 2.45) is 0 Å². The van der Waals surface area contributed by atoms with Gasteiger partial charge in [-0.25, -0.2) is 27.1 Å². The molecule has 1 saturated carbocycles. The van der Waals surface area contributed by atoms with Crippen LogP contribution < -0.4 is 10.9 Å². The van der Waals surface area contributed by atoms with Gasteiger partial charge in [-0.15, -0.1) is 0 Å². The minimum atomic E-state index is -2.37. The molecule has 2 N–H and O–H groups in total. The zero-order chi connectivity index (χ0) is 26.2. The highest BCUT2D eigenvalue weighted by Gasteiger charge is 2.37. The van der Waals surface area contributed by atoms with E-state index < -0.39 is 34.9 Å². The van der Waals surface area contributed by atoms with E-state index in [9.17, 15) is 26.7 Å². The molecule has 2 aromatic carbocycles. The molecule has 1 atom stereocenters. The highest BCUT2D eigenvalue weighted by molar-refractivity contribution is 5.97. The summed E-state index contributed by atoms with van der Waals surface area (Å²) >= 11 is 0. The molecule has 1 unspecified atom stereocenters. The fourth-order valence-electron chi connectivity index (χ4n) is 5.70. The van der Waals surface area contributed by atoms with E-state index >= 15 is 0 Å². The lowest BCUT2D eigenvalue weighted by atomic mass is 9.88. The number of aromatic nitrogens is 2. The van der Waals surface area contributed by atoms with E-state index in [2.05, 4.69) is 20.4 Å². The number of hydrogen-bond donors (Lipinski definition) is 2. The van der Waals surface area contributed by atoms with Crippen LogP contribution in [0, 0.1) is 17.5 Å². The molecular weight excluding hydrogens is 491 g/mol. The zero-order valence-electron chi connectivity index (χ0n) is 20.3. The molecule has 0 radical (unpaired) electrons. The Hall–Kier alpha value is -3.01. The van der Waals surface area contributed by atoms with Crippen LogP contribution in [-0.2, 0) is 0 Å². The van der Waals surface area contributed by atoms with Crippen molar-refractivity contribution >= 4 is 16.5 Å². The summed E-state index contributed by atoms with van der Waals surface area (Å²) in [4.78, 5) is 14.3. The first kappa shape index (κ1) is 25.6. The van der Waals surface area contributed by atoms with Crippen LogP contribution in [0.5, 0.6) is 0 Å². The number of piperidine rings is 1. The number of nitrogens with zero attached hydrogens (tertiary/aromatic N) is 2. The summed E-state index contributed by atoms with van der Waals surface area (Å²) in [7, 11) is 0. The summed E-state index contributed by atoms with van der Waals surface area (Å²) in [5, 5.41) is 9.93. The maximum atomic E-state index is 14.1. The second-order valence-corrected chi connectivity index (χ2v) is 10.1. The Morgan fingerprint density at radius 3 is 2.38 bits per heavy atom. The van der Waals surface area contributed by atoms with Crippen LogP contribution in [0.15, 0.2) is 35.1 Å². The summed E-state index contributed by atoms with van der Waals surface area (Å²) in [5.74, 6) is -4.80. The first-order chi connectivity index (χ1) is 17.7. The van der Waals surface area contributed by atoms with Gasteiger partial charge in [-0.2, -0.15) is 5.10 Å². The Kier molecular flexibility index (Phi) is 7.20. The molecule has 0 amide bonds. The summed E-state index contributed by atoms with van der Waals surface area (Å²) in [6.45, 7) is 2.53. The summed E-state index contributed by atoms with van der Waals surface area (Å²) in [5.41, 5.74) is 0.604. The molecule has 5 nitrogen and oxygen atoms in total. The van der Waals surface area contributed by atoms with E-state index in [-0.39, 0.29) is 30.3 Å². The van der Waals surface area contributed by atoms with E-state index in [1.807, 2.05) is 0 Å². The number of anilines is 1. The molecule has 3 aliphatic rings. The minimum absolute atomic E-state index is 0.105. The van der Waals surface area contributed by atoms with Crippen LogP contribution in [0.3, 0.4) is 0 Å². The Balaban J connectivity index is 0.000000171. The van der Waals surface area contributed by atoms with Gasteiger partial charge in [0.15, 0.2) is 0 Å². The van der Waals surface area contributed by atoms with Crippen molar-refractivity contribution in [3.63, 3.8) is 0 Å². The van der Waals surface area contributed by atoms with Gasteiger partial charge in [-0.1, -0.05) is 12.5 Å². The summed E-state index contributed by atoms with van der Waals surface area (Å²) in [6.07, 6.45) is 5.45. The molecule has 1 saturated heterocycles. The number of H-pyrrole nitrogens is 1. The number of hydrogen-bond acceptors (Lipinski definition) is 4. The van der Waals surface area contributed by atoms with Crippen molar-refractivity contribution in [2.45, 2.75) is 62.8 Å². The third kappa shape index (κ3) is 5.49. The van der Waals surface area contributed by atoms with Crippen LogP contribution >= 0.6 is 0 Å². The molecule has 10 heteroatoms. The van der Waals surface area contributed by atoms with Crippen LogP contribution in [0.2, 0.25) is 0 Å². The number of alkyl halides is 2. The Morgan fingerprint density at radius 2 is 1.68 bits per heavy atom. The molecule has 2 fully saturated rings. The van der Waals surface area contributed by atoms with Gasteiger partial charge in [0.25, 0.3) is 5.56 Å². The zero-order valence-corrected chi connectivity index (χ0v) is 20.3. The average molecular weight is 521 g/mol. The lowest BCUT2D eigenvalue weighted by molar-refractivity contribution is -0.0553. The first-order valence-corrected chi connectivity index (χ1v) is 12.7. The van der Waals surface area contributed by atoms with Gasteiger partial charge in [-0.05, 0) is 62.5 Å². The Morgan fingerprint density at radius 1 is 0.946 bits per heavy atom. The molecular formula is C27H29F5N4O. The van der Waals surface area contributed by atoms with Crippen LogP contribution in [0.4, 0.5) is 27.6 Å². The number of benzene rings is 2. The third-order valence-electron chi connectivity index (χ3n) is 7.64. The van der Waals surface area contributed by atoms with Gasteiger partial charge in [-0.3, -0.25) is 4.79 Å². The molecule has 37 heavy (non-hydrogen) atoms. The first-order valence-electron chi connectivity index (χ1n) is 12.7. The lowest BCUT2D eigenvalue weighted by Gasteiger charge is -2.38. The smallest absolute Gasteiger partial charge is 0.272 e. The van der Waals surface area contributed by atoms with Gasteiger partial charge in [0.1, 0.15) is 17.5 Å². The number of aromatic amines is 1. The van der Waals surface area contributed by atoms with Crippen LogP contribution in [-0.4, -0.2) is 46.7 Å². The van der Waals surface area contributed by atoms with Crippen molar-refractivity contribution in [2.75, 3.05) is 25.0 Å². The number of rotatable bonds is 2. The van der Waals surface area contributed by atoms with E-state index in [0.717, 1.165) is 25.2 Å². The van der Waals surface area contributed by atoms with E-state index in [1.165, 1.54) is 37.5 Å². The quantitative estimate of drug-likeness (QED) is 0.410. The SMILES string of the molecule is FC1(F)CCC(N2CCCCC2)CC1.O=c1[nH]nc2c3c(cc(F)cc13)NCC2c1ccc(F)cc1F.